The molecule has 0 saturated carbocycles. The highest BCUT2D eigenvalue weighted by Gasteiger charge is 2.27. The number of piperidine rings is 1. The van der Waals surface area contributed by atoms with Crippen molar-refractivity contribution in [3.05, 3.63) is 47.3 Å². The van der Waals surface area contributed by atoms with E-state index in [1.165, 1.54) is 11.3 Å². The van der Waals surface area contributed by atoms with E-state index in [0.717, 1.165) is 5.56 Å². The molecule has 6 nitrogen and oxygen atoms in total. The molecule has 134 valence electrons. The van der Waals surface area contributed by atoms with Gasteiger partial charge in [-0.3, -0.25) is 4.79 Å². The van der Waals surface area contributed by atoms with Gasteiger partial charge in [-0.15, -0.1) is 11.3 Å². The van der Waals surface area contributed by atoms with E-state index >= 15 is 0 Å². The van der Waals surface area contributed by atoms with E-state index in [1.54, 1.807) is 34.5 Å². The summed E-state index contributed by atoms with van der Waals surface area (Å²) in [5.41, 5.74) is 7.26. The molecular formula is C17H21N3O3S2. The zero-order valence-corrected chi connectivity index (χ0v) is 15.4. The number of nitrogens with two attached hydrogens (primary N) is 1. The molecule has 1 aliphatic rings. The quantitative estimate of drug-likeness (QED) is 0.776. The van der Waals surface area contributed by atoms with Crippen molar-refractivity contribution in [3.8, 4) is 0 Å². The van der Waals surface area contributed by atoms with Gasteiger partial charge < -0.3 is 10.6 Å². The third kappa shape index (κ3) is 4.59. The van der Waals surface area contributed by atoms with Crippen molar-refractivity contribution in [1.82, 2.24) is 9.62 Å². The molecule has 2 heterocycles. The molecule has 0 spiro atoms. The first-order valence-corrected chi connectivity index (χ1v) is 10.5. The Kier molecular flexibility index (Phi) is 5.41. The van der Waals surface area contributed by atoms with Crippen LogP contribution in [0.1, 0.15) is 18.4 Å². The fourth-order valence-electron chi connectivity index (χ4n) is 2.86. The number of nitrogens with zero attached hydrogens (tertiary/aromatic N) is 1. The molecule has 0 bridgehead atoms. The Balaban J connectivity index is 1.51. The first-order chi connectivity index (χ1) is 11.9. The second kappa shape index (κ2) is 7.55. The number of rotatable bonds is 5. The zero-order valence-electron chi connectivity index (χ0n) is 13.7. The number of nitrogens with one attached hydrogen (secondary N) is 1. The molecule has 0 radical (unpaired) electrons. The highest BCUT2D eigenvalue weighted by molar-refractivity contribution is 7.91. The second-order valence-electron chi connectivity index (χ2n) is 6.13. The van der Waals surface area contributed by atoms with Gasteiger partial charge in [-0.1, -0.05) is 18.2 Å². The molecular weight excluding hydrogens is 358 g/mol. The molecule has 8 heteroatoms. The smallest absolute Gasteiger partial charge is 0.250 e. The van der Waals surface area contributed by atoms with E-state index in [2.05, 4.69) is 4.72 Å². The van der Waals surface area contributed by atoms with Gasteiger partial charge in [0.25, 0.3) is 0 Å². The lowest BCUT2D eigenvalue weighted by atomic mass is 10.0. The van der Waals surface area contributed by atoms with E-state index in [-0.39, 0.29) is 11.9 Å². The summed E-state index contributed by atoms with van der Waals surface area (Å²) >= 11 is 1.20. The van der Waals surface area contributed by atoms with Crippen molar-refractivity contribution < 1.29 is 13.2 Å². The first kappa shape index (κ1) is 17.9. The first-order valence-electron chi connectivity index (χ1n) is 8.12. The second-order valence-corrected chi connectivity index (χ2v) is 9.02. The molecule has 0 aliphatic carbocycles. The van der Waals surface area contributed by atoms with E-state index < -0.39 is 10.0 Å². The maximum absolute atomic E-state index is 12.4. The summed E-state index contributed by atoms with van der Waals surface area (Å²) in [5.74, 6) is 0.0596. The maximum atomic E-state index is 12.4. The van der Waals surface area contributed by atoms with Gasteiger partial charge in [-0.2, -0.15) is 0 Å². The Morgan fingerprint density at radius 3 is 2.48 bits per heavy atom. The van der Waals surface area contributed by atoms with Crippen molar-refractivity contribution in [2.24, 2.45) is 0 Å². The Labute approximate surface area is 151 Å². The topological polar surface area (TPSA) is 92.5 Å². The lowest BCUT2D eigenvalue weighted by Gasteiger charge is -2.32. The van der Waals surface area contributed by atoms with Crippen molar-refractivity contribution in [2.75, 3.05) is 18.8 Å². The summed E-state index contributed by atoms with van der Waals surface area (Å²) in [6.45, 7) is 1.12. The molecule has 1 saturated heterocycles. The summed E-state index contributed by atoms with van der Waals surface area (Å²) in [5, 5.41) is 1.74. The molecule has 0 unspecified atom stereocenters. The third-order valence-electron chi connectivity index (χ3n) is 4.26. The van der Waals surface area contributed by atoms with Gasteiger partial charge in [0.2, 0.25) is 15.9 Å². The van der Waals surface area contributed by atoms with Crippen molar-refractivity contribution >= 4 is 33.0 Å². The fourth-order valence-corrected chi connectivity index (χ4v) is 5.18. The monoisotopic (exact) mass is 379 g/mol. The van der Waals surface area contributed by atoms with Crippen molar-refractivity contribution in [3.63, 3.8) is 0 Å². The van der Waals surface area contributed by atoms with Crippen LogP contribution in [0.5, 0.6) is 0 Å². The largest absolute Gasteiger partial charge is 0.399 e. The average Bonchev–Trinajstić information content (AvgIpc) is 3.13. The number of likely N-dealkylation sites (tertiary alicyclic amines) is 1. The molecule has 0 atom stereocenters. The third-order valence-corrected chi connectivity index (χ3v) is 7.18. The van der Waals surface area contributed by atoms with E-state index in [4.69, 9.17) is 5.73 Å². The summed E-state index contributed by atoms with van der Waals surface area (Å²) in [6, 6.07) is 10.5. The number of benzene rings is 1. The highest BCUT2D eigenvalue weighted by Crippen LogP contribution is 2.19. The van der Waals surface area contributed by atoms with Crippen LogP contribution < -0.4 is 10.5 Å². The van der Waals surface area contributed by atoms with Crippen LogP contribution in [0, 0.1) is 0 Å². The maximum Gasteiger partial charge on any atom is 0.250 e. The Morgan fingerprint density at radius 2 is 1.88 bits per heavy atom. The van der Waals surface area contributed by atoms with Crippen LogP contribution in [0.25, 0.3) is 0 Å². The molecule has 2 aromatic rings. The number of nitrogen functional groups attached to an aromatic ring is 1. The molecule has 1 amide bonds. The zero-order chi connectivity index (χ0) is 17.9. The molecule has 3 rings (SSSR count). The standard InChI is InChI=1S/C17H21N3O3S2/c18-14-5-3-13(4-6-14)12-16(21)20-9-7-15(8-10-20)19-25(22,23)17-2-1-11-24-17/h1-6,11,15,19H,7-10,12,18H2. The summed E-state index contributed by atoms with van der Waals surface area (Å²) in [7, 11) is -3.45. The van der Waals surface area contributed by atoms with Crippen molar-refractivity contribution in [2.45, 2.75) is 29.5 Å². The molecule has 1 fully saturated rings. The predicted octanol–water partition coefficient (Wildman–Crippen LogP) is 1.84. The molecule has 1 aliphatic heterocycles. The van der Waals surface area contributed by atoms with Gasteiger partial charge in [0.15, 0.2) is 0 Å². The van der Waals surface area contributed by atoms with Crippen molar-refractivity contribution in [1.29, 1.82) is 0 Å². The summed E-state index contributed by atoms with van der Waals surface area (Å²) in [6.07, 6.45) is 1.59. The van der Waals surface area contributed by atoms with Gasteiger partial charge in [0.1, 0.15) is 4.21 Å². The molecule has 1 aromatic carbocycles. The van der Waals surface area contributed by atoms with Gasteiger partial charge >= 0.3 is 0 Å². The number of thiophene rings is 1. The Hall–Kier alpha value is -1.90. The lowest BCUT2D eigenvalue weighted by Crippen LogP contribution is -2.46. The number of carbonyl (C=O) groups excluding carboxylic acids is 1. The van der Waals surface area contributed by atoms with Gasteiger partial charge in [0, 0.05) is 24.8 Å². The SMILES string of the molecule is Nc1ccc(CC(=O)N2CCC(NS(=O)(=O)c3cccs3)CC2)cc1. The van der Waals surface area contributed by atoms with Crippen LogP contribution in [0.15, 0.2) is 46.0 Å². The van der Waals surface area contributed by atoms with E-state index in [1.807, 2.05) is 12.1 Å². The minimum atomic E-state index is -3.45. The summed E-state index contributed by atoms with van der Waals surface area (Å²) < 4.78 is 27.6. The minimum absolute atomic E-state index is 0.0596. The lowest BCUT2D eigenvalue weighted by molar-refractivity contribution is -0.131. The number of anilines is 1. The minimum Gasteiger partial charge on any atom is -0.399 e. The Bertz CT molecular complexity index is 809. The fraction of sp³-hybridized carbons (Fsp3) is 0.353. The van der Waals surface area contributed by atoms with Gasteiger partial charge in [0.05, 0.1) is 6.42 Å². The van der Waals surface area contributed by atoms with Crippen LogP contribution in [-0.2, 0) is 21.2 Å². The number of amides is 1. The van der Waals surface area contributed by atoms with Crippen LogP contribution in [0.4, 0.5) is 5.69 Å². The number of hydrogen-bond acceptors (Lipinski definition) is 5. The summed E-state index contributed by atoms with van der Waals surface area (Å²) in [4.78, 5) is 14.2. The van der Waals surface area contributed by atoms with Crippen LogP contribution in [0.2, 0.25) is 0 Å². The predicted molar refractivity (Wildman–Crippen MR) is 98.8 cm³/mol. The van der Waals surface area contributed by atoms with Crippen LogP contribution in [-0.4, -0.2) is 38.4 Å². The van der Waals surface area contributed by atoms with E-state index in [0.29, 0.717) is 42.2 Å². The van der Waals surface area contributed by atoms with Crippen LogP contribution >= 0.6 is 11.3 Å². The number of hydrogen-bond donors (Lipinski definition) is 2. The molecule has 25 heavy (non-hydrogen) atoms. The highest BCUT2D eigenvalue weighted by atomic mass is 32.2. The van der Waals surface area contributed by atoms with Gasteiger partial charge in [-0.25, -0.2) is 13.1 Å². The molecule has 3 N–H and O–H groups in total. The van der Waals surface area contributed by atoms with E-state index in [9.17, 15) is 13.2 Å². The van der Waals surface area contributed by atoms with Crippen LogP contribution in [0.3, 0.4) is 0 Å². The molecule has 1 aromatic heterocycles. The number of sulfonamides is 1. The number of carbonyl (C=O) groups is 1. The average molecular weight is 380 g/mol. The Morgan fingerprint density at radius 1 is 1.20 bits per heavy atom. The normalized spacial score (nSPS) is 16.1. The van der Waals surface area contributed by atoms with Gasteiger partial charge in [-0.05, 0) is 42.0 Å².